The van der Waals surface area contributed by atoms with Gasteiger partial charge in [0, 0.05) is 7.11 Å². The van der Waals surface area contributed by atoms with Gasteiger partial charge >= 0.3 is 0 Å². The maximum Gasteiger partial charge on any atom is 0.186 e. The zero-order valence-corrected chi connectivity index (χ0v) is 8.79. The fraction of sp³-hybridized carbons (Fsp3) is 0.800. The molecule has 5 atom stereocenters. The number of methoxy groups -OCH3 is 1. The van der Waals surface area contributed by atoms with Gasteiger partial charge in [-0.1, -0.05) is 5.92 Å². The van der Waals surface area contributed by atoms with Crippen molar-refractivity contribution in [2.45, 2.75) is 37.6 Å². The van der Waals surface area contributed by atoms with E-state index in [1.807, 2.05) is 0 Å². The third-order valence-corrected chi connectivity index (χ3v) is 2.37. The molecule has 2 N–H and O–H groups in total. The van der Waals surface area contributed by atoms with Gasteiger partial charge in [0.1, 0.15) is 24.9 Å². The van der Waals surface area contributed by atoms with E-state index in [1.54, 1.807) is 6.92 Å². The SMILES string of the molecule is C#CCO[C@H]1[C@H](O)[C@H](OC)O[C@@H](C)[C@H]1O. The Kier molecular flexibility index (Phi) is 4.51. The number of terminal acetylenes is 1. The molecular formula is C10H16O5. The Bertz CT molecular complexity index is 236. The van der Waals surface area contributed by atoms with Crippen molar-refractivity contribution < 1.29 is 24.4 Å². The Balaban J connectivity index is 2.67. The number of ether oxygens (including phenoxy) is 3. The van der Waals surface area contributed by atoms with Crippen molar-refractivity contribution in [2.24, 2.45) is 0 Å². The van der Waals surface area contributed by atoms with Gasteiger partial charge in [0.15, 0.2) is 6.29 Å². The lowest BCUT2D eigenvalue weighted by Crippen LogP contribution is -2.58. The van der Waals surface area contributed by atoms with E-state index in [0.29, 0.717) is 0 Å². The second kappa shape index (κ2) is 5.45. The van der Waals surface area contributed by atoms with Gasteiger partial charge in [0.05, 0.1) is 6.10 Å². The van der Waals surface area contributed by atoms with Crippen LogP contribution in [0.4, 0.5) is 0 Å². The van der Waals surface area contributed by atoms with Crippen LogP contribution in [0.25, 0.3) is 0 Å². The maximum absolute atomic E-state index is 9.74. The summed E-state index contributed by atoms with van der Waals surface area (Å²) < 4.78 is 15.3. The van der Waals surface area contributed by atoms with Gasteiger partial charge in [-0.2, -0.15) is 0 Å². The molecule has 1 heterocycles. The van der Waals surface area contributed by atoms with Crippen molar-refractivity contribution in [2.75, 3.05) is 13.7 Å². The fourth-order valence-corrected chi connectivity index (χ4v) is 1.53. The van der Waals surface area contributed by atoms with Gasteiger partial charge in [-0.05, 0) is 6.92 Å². The van der Waals surface area contributed by atoms with E-state index < -0.39 is 30.7 Å². The monoisotopic (exact) mass is 216 g/mol. The average molecular weight is 216 g/mol. The molecule has 5 nitrogen and oxygen atoms in total. The molecule has 0 bridgehead atoms. The molecule has 0 aromatic heterocycles. The highest BCUT2D eigenvalue weighted by atomic mass is 16.7. The van der Waals surface area contributed by atoms with Crippen molar-refractivity contribution in [1.29, 1.82) is 0 Å². The lowest BCUT2D eigenvalue weighted by molar-refractivity contribution is -0.292. The van der Waals surface area contributed by atoms with Crippen LogP contribution in [-0.4, -0.2) is 54.6 Å². The van der Waals surface area contributed by atoms with Gasteiger partial charge in [-0.15, -0.1) is 6.42 Å². The molecule has 0 radical (unpaired) electrons. The zero-order valence-electron chi connectivity index (χ0n) is 8.79. The Morgan fingerprint density at radius 3 is 2.60 bits per heavy atom. The van der Waals surface area contributed by atoms with E-state index in [-0.39, 0.29) is 6.61 Å². The second-order valence-electron chi connectivity index (χ2n) is 3.41. The second-order valence-corrected chi connectivity index (χ2v) is 3.41. The molecule has 1 aliphatic rings. The summed E-state index contributed by atoms with van der Waals surface area (Å²) in [6.07, 6.45) is 1.02. The summed E-state index contributed by atoms with van der Waals surface area (Å²) in [6, 6.07) is 0. The Labute approximate surface area is 88.9 Å². The van der Waals surface area contributed by atoms with Crippen molar-refractivity contribution >= 4 is 0 Å². The molecule has 1 aliphatic heterocycles. The summed E-state index contributed by atoms with van der Waals surface area (Å²) in [6.45, 7) is 1.71. The van der Waals surface area contributed by atoms with Gasteiger partial charge in [-0.3, -0.25) is 0 Å². The van der Waals surface area contributed by atoms with Gasteiger partial charge in [0.25, 0.3) is 0 Å². The van der Waals surface area contributed by atoms with Crippen molar-refractivity contribution in [3.8, 4) is 12.3 Å². The summed E-state index contributed by atoms with van der Waals surface area (Å²) in [5.74, 6) is 2.28. The highest BCUT2D eigenvalue weighted by Crippen LogP contribution is 2.23. The molecule has 0 aromatic carbocycles. The van der Waals surface area contributed by atoms with Crippen LogP contribution in [0.2, 0.25) is 0 Å². The van der Waals surface area contributed by atoms with Crippen LogP contribution in [0.5, 0.6) is 0 Å². The molecule has 1 rings (SSSR count). The van der Waals surface area contributed by atoms with Crippen LogP contribution in [-0.2, 0) is 14.2 Å². The third kappa shape index (κ3) is 2.68. The smallest absolute Gasteiger partial charge is 0.186 e. The standard InChI is InChI=1S/C10H16O5/c1-4-5-14-9-7(11)6(2)15-10(13-3)8(9)12/h1,6-12H,5H2,2-3H3/t6-,7+,8-,9+,10+/m0/s1. The Hall–Kier alpha value is -0.640. The first-order chi connectivity index (χ1) is 7.11. The van der Waals surface area contributed by atoms with E-state index in [1.165, 1.54) is 7.11 Å². The molecule has 86 valence electrons. The Morgan fingerprint density at radius 2 is 2.07 bits per heavy atom. The van der Waals surface area contributed by atoms with E-state index in [9.17, 15) is 10.2 Å². The molecule has 1 fully saturated rings. The predicted molar refractivity (Wildman–Crippen MR) is 51.9 cm³/mol. The number of aliphatic hydroxyl groups excluding tert-OH is 2. The molecule has 0 spiro atoms. The number of hydrogen-bond donors (Lipinski definition) is 2. The first-order valence-corrected chi connectivity index (χ1v) is 4.71. The van der Waals surface area contributed by atoms with Crippen LogP contribution in [0.3, 0.4) is 0 Å². The molecule has 0 unspecified atom stereocenters. The van der Waals surface area contributed by atoms with Crippen LogP contribution in [0.1, 0.15) is 6.92 Å². The number of rotatable bonds is 3. The van der Waals surface area contributed by atoms with Crippen molar-refractivity contribution in [3.05, 3.63) is 0 Å². The molecule has 15 heavy (non-hydrogen) atoms. The van der Waals surface area contributed by atoms with Crippen LogP contribution in [0.15, 0.2) is 0 Å². The van der Waals surface area contributed by atoms with Gasteiger partial charge < -0.3 is 24.4 Å². The highest BCUT2D eigenvalue weighted by molar-refractivity contribution is 4.91. The van der Waals surface area contributed by atoms with Gasteiger partial charge in [-0.25, -0.2) is 0 Å². The third-order valence-electron chi connectivity index (χ3n) is 2.37. The molecule has 1 saturated heterocycles. The van der Waals surface area contributed by atoms with Gasteiger partial charge in [0.2, 0.25) is 0 Å². The Morgan fingerprint density at radius 1 is 1.40 bits per heavy atom. The minimum atomic E-state index is -1.05. The average Bonchev–Trinajstić information content (AvgIpc) is 2.23. The van der Waals surface area contributed by atoms with Crippen molar-refractivity contribution in [1.82, 2.24) is 0 Å². The molecule has 0 aromatic rings. The van der Waals surface area contributed by atoms with E-state index in [4.69, 9.17) is 20.6 Å². The lowest BCUT2D eigenvalue weighted by Gasteiger charge is -2.40. The summed E-state index contributed by atoms with van der Waals surface area (Å²) in [5.41, 5.74) is 0. The highest BCUT2D eigenvalue weighted by Gasteiger charge is 2.43. The topological polar surface area (TPSA) is 68.2 Å². The molecule has 0 amide bonds. The van der Waals surface area contributed by atoms with Crippen LogP contribution >= 0.6 is 0 Å². The summed E-state index contributed by atoms with van der Waals surface area (Å²) in [7, 11) is 1.41. The van der Waals surface area contributed by atoms with E-state index in [2.05, 4.69) is 5.92 Å². The van der Waals surface area contributed by atoms with Crippen molar-refractivity contribution in [3.63, 3.8) is 0 Å². The number of hydrogen-bond acceptors (Lipinski definition) is 5. The number of aliphatic hydroxyl groups is 2. The first kappa shape index (κ1) is 12.4. The molecule has 0 saturated carbocycles. The molecule has 0 aliphatic carbocycles. The maximum atomic E-state index is 9.74. The molecule has 5 heteroatoms. The quantitative estimate of drug-likeness (QED) is 0.599. The molecular weight excluding hydrogens is 200 g/mol. The lowest BCUT2D eigenvalue weighted by atomic mass is 10.00. The zero-order chi connectivity index (χ0) is 11.4. The normalized spacial score (nSPS) is 41.1. The minimum Gasteiger partial charge on any atom is -0.388 e. The largest absolute Gasteiger partial charge is 0.388 e. The summed E-state index contributed by atoms with van der Waals surface area (Å²) in [5, 5.41) is 19.5. The summed E-state index contributed by atoms with van der Waals surface area (Å²) >= 11 is 0. The predicted octanol–water partition coefficient (Wildman–Crippen LogP) is -0.882. The fourth-order valence-electron chi connectivity index (χ4n) is 1.53. The first-order valence-electron chi connectivity index (χ1n) is 4.71. The van der Waals surface area contributed by atoms with E-state index in [0.717, 1.165) is 0 Å². The van der Waals surface area contributed by atoms with Crippen LogP contribution < -0.4 is 0 Å². The minimum absolute atomic E-state index is 0.0297. The van der Waals surface area contributed by atoms with E-state index >= 15 is 0 Å². The summed E-state index contributed by atoms with van der Waals surface area (Å²) in [4.78, 5) is 0. The van der Waals surface area contributed by atoms with Crippen LogP contribution in [0, 0.1) is 12.3 Å².